The zero-order chi connectivity index (χ0) is 20.1. The number of rotatable bonds is 4. The monoisotopic (exact) mass is 487 g/mol. The lowest BCUT2D eigenvalue weighted by Crippen LogP contribution is -2.49. The predicted molar refractivity (Wildman–Crippen MR) is 108 cm³/mol. The standard InChI is InChI=1S/C16H18BrN5O4S2/c1-10-14-11(2)26-19-15(14)16(23)22(18-10)9-20-5-7-21(8-6-20)28(24,25)13-4-3-12(17)27-13/h3-4H,5-9H2,1-2H3. The van der Waals surface area contributed by atoms with Crippen molar-refractivity contribution in [2.24, 2.45) is 0 Å². The molecular formula is C16H18BrN5O4S2. The van der Waals surface area contributed by atoms with E-state index in [1.54, 1.807) is 19.1 Å². The maximum absolute atomic E-state index is 12.7. The van der Waals surface area contributed by atoms with Crippen LogP contribution >= 0.6 is 27.3 Å². The van der Waals surface area contributed by atoms with Gasteiger partial charge >= 0.3 is 0 Å². The van der Waals surface area contributed by atoms with Crippen LogP contribution in [-0.4, -0.2) is 58.7 Å². The van der Waals surface area contributed by atoms with Gasteiger partial charge in [0.1, 0.15) is 9.97 Å². The Kier molecular flexibility index (Phi) is 5.16. The fraction of sp³-hybridized carbons (Fsp3) is 0.438. The minimum Gasteiger partial charge on any atom is -0.360 e. The molecule has 4 rings (SSSR count). The summed E-state index contributed by atoms with van der Waals surface area (Å²) in [6.07, 6.45) is 0. The number of thiophene rings is 1. The van der Waals surface area contributed by atoms with Crippen molar-refractivity contribution < 1.29 is 12.9 Å². The van der Waals surface area contributed by atoms with E-state index >= 15 is 0 Å². The van der Waals surface area contributed by atoms with Gasteiger partial charge in [0, 0.05) is 26.2 Å². The third kappa shape index (κ3) is 3.43. The van der Waals surface area contributed by atoms with Crippen LogP contribution in [0.2, 0.25) is 0 Å². The molecule has 3 aromatic heterocycles. The first kappa shape index (κ1) is 19.7. The van der Waals surface area contributed by atoms with Crippen LogP contribution in [-0.2, 0) is 16.7 Å². The summed E-state index contributed by atoms with van der Waals surface area (Å²) in [5, 5.41) is 8.88. The first-order valence-electron chi connectivity index (χ1n) is 8.59. The van der Waals surface area contributed by atoms with Crippen LogP contribution in [0.4, 0.5) is 0 Å². The van der Waals surface area contributed by atoms with Crippen molar-refractivity contribution in [2.45, 2.75) is 24.7 Å². The summed E-state index contributed by atoms with van der Waals surface area (Å²) < 4.78 is 34.5. The average molecular weight is 488 g/mol. The summed E-state index contributed by atoms with van der Waals surface area (Å²) in [5.41, 5.74) is 0.642. The van der Waals surface area contributed by atoms with Crippen molar-refractivity contribution in [1.82, 2.24) is 24.1 Å². The molecule has 0 spiro atoms. The minimum atomic E-state index is -3.49. The number of piperazine rings is 1. The smallest absolute Gasteiger partial charge is 0.298 e. The van der Waals surface area contributed by atoms with Crippen molar-refractivity contribution in [1.29, 1.82) is 0 Å². The second-order valence-corrected chi connectivity index (χ2v) is 11.2. The maximum atomic E-state index is 12.7. The first-order chi connectivity index (χ1) is 13.3. The molecule has 4 heterocycles. The minimum absolute atomic E-state index is 0.273. The Balaban J connectivity index is 1.49. The van der Waals surface area contributed by atoms with Crippen molar-refractivity contribution in [2.75, 3.05) is 26.2 Å². The quantitative estimate of drug-likeness (QED) is 0.552. The first-order valence-corrected chi connectivity index (χ1v) is 11.6. The highest BCUT2D eigenvalue weighted by molar-refractivity contribution is 9.11. The number of fused-ring (bicyclic) bond motifs is 1. The molecule has 12 heteroatoms. The zero-order valence-electron chi connectivity index (χ0n) is 15.3. The number of nitrogens with zero attached hydrogens (tertiary/aromatic N) is 5. The van der Waals surface area contributed by atoms with E-state index in [4.69, 9.17) is 4.52 Å². The predicted octanol–water partition coefficient (Wildman–Crippen LogP) is 1.79. The van der Waals surface area contributed by atoms with Gasteiger partial charge in [0.25, 0.3) is 15.6 Å². The fourth-order valence-electron chi connectivity index (χ4n) is 3.30. The van der Waals surface area contributed by atoms with Crippen LogP contribution in [0.25, 0.3) is 10.9 Å². The molecule has 0 aromatic carbocycles. The summed E-state index contributed by atoms with van der Waals surface area (Å²) in [6, 6.07) is 3.34. The Morgan fingerprint density at radius 3 is 2.57 bits per heavy atom. The molecule has 0 saturated carbocycles. The molecule has 1 aliphatic heterocycles. The second kappa shape index (κ2) is 7.34. The van der Waals surface area contributed by atoms with Crippen LogP contribution in [0, 0.1) is 13.8 Å². The summed E-state index contributed by atoms with van der Waals surface area (Å²) in [6.45, 7) is 5.57. The molecule has 150 valence electrons. The Bertz CT molecular complexity index is 1190. The molecule has 9 nitrogen and oxygen atoms in total. The highest BCUT2D eigenvalue weighted by atomic mass is 79.9. The van der Waals surface area contributed by atoms with E-state index < -0.39 is 10.0 Å². The van der Waals surface area contributed by atoms with Crippen LogP contribution in [0.3, 0.4) is 0 Å². The number of hydrogen-bond acceptors (Lipinski definition) is 8. The molecular weight excluding hydrogens is 470 g/mol. The SMILES string of the molecule is Cc1nn(CN2CCN(S(=O)(=O)c3ccc(Br)s3)CC2)c(=O)c2noc(C)c12. The normalized spacial score (nSPS) is 16.8. The third-order valence-electron chi connectivity index (χ3n) is 4.74. The Morgan fingerprint density at radius 1 is 1.21 bits per heavy atom. The molecule has 0 unspecified atom stereocenters. The highest BCUT2D eigenvalue weighted by Crippen LogP contribution is 2.29. The van der Waals surface area contributed by atoms with E-state index in [9.17, 15) is 13.2 Å². The van der Waals surface area contributed by atoms with Gasteiger partial charge < -0.3 is 4.52 Å². The number of hydrogen-bond donors (Lipinski definition) is 0. The van der Waals surface area contributed by atoms with Crippen molar-refractivity contribution in [3.05, 3.63) is 37.7 Å². The molecule has 0 radical (unpaired) electrons. The van der Waals surface area contributed by atoms with Gasteiger partial charge in [0.2, 0.25) is 0 Å². The van der Waals surface area contributed by atoms with E-state index in [1.807, 2.05) is 11.8 Å². The van der Waals surface area contributed by atoms with Crippen molar-refractivity contribution in [3.8, 4) is 0 Å². The molecule has 0 amide bonds. The molecule has 0 aliphatic carbocycles. The summed E-state index contributed by atoms with van der Waals surface area (Å²) in [5.74, 6) is 0.572. The largest absolute Gasteiger partial charge is 0.360 e. The fourth-order valence-corrected chi connectivity index (χ4v) is 6.89. The van der Waals surface area contributed by atoms with Gasteiger partial charge in [-0.3, -0.25) is 9.69 Å². The maximum Gasteiger partial charge on any atom is 0.298 e. The van der Waals surface area contributed by atoms with Crippen molar-refractivity contribution in [3.63, 3.8) is 0 Å². The number of aryl methyl sites for hydroxylation is 2. The van der Waals surface area contributed by atoms with Gasteiger partial charge in [0.15, 0.2) is 5.52 Å². The molecule has 0 bridgehead atoms. The topological polar surface area (TPSA) is 102 Å². The van der Waals surface area contributed by atoms with Gasteiger partial charge in [-0.15, -0.1) is 11.3 Å². The molecule has 1 saturated heterocycles. The molecule has 1 fully saturated rings. The summed E-state index contributed by atoms with van der Waals surface area (Å²) in [7, 11) is -3.49. The van der Waals surface area contributed by atoms with Gasteiger partial charge in [-0.25, -0.2) is 13.1 Å². The van der Waals surface area contributed by atoms with Crippen LogP contribution in [0.5, 0.6) is 0 Å². The second-order valence-electron chi connectivity index (χ2n) is 6.57. The van der Waals surface area contributed by atoms with Gasteiger partial charge in [-0.2, -0.15) is 9.40 Å². The molecule has 3 aromatic rings. The Morgan fingerprint density at radius 2 is 1.93 bits per heavy atom. The van der Waals surface area contributed by atoms with E-state index in [-0.39, 0.29) is 17.7 Å². The van der Waals surface area contributed by atoms with Crippen molar-refractivity contribution >= 4 is 48.2 Å². The van der Waals surface area contributed by atoms with Crippen LogP contribution in [0.15, 0.2) is 29.4 Å². The highest BCUT2D eigenvalue weighted by Gasteiger charge is 2.30. The summed E-state index contributed by atoms with van der Waals surface area (Å²) >= 11 is 4.50. The van der Waals surface area contributed by atoms with E-state index in [0.717, 1.165) is 3.79 Å². The zero-order valence-corrected chi connectivity index (χ0v) is 18.5. The van der Waals surface area contributed by atoms with E-state index in [2.05, 4.69) is 26.2 Å². The summed E-state index contributed by atoms with van der Waals surface area (Å²) in [4.78, 5) is 14.6. The lowest BCUT2D eigenvalue weighted by molar-refractivity contribution is 0.143. The third-order valence-corrected chi connectivity index (χ3v) is 8.73. The molecule has 28 heavy (non-hydrogen) atoms. The van der Waals surface area contributed by atoms with Gasteiger partial charge in [-0.05, 0) is 41.9 Å². The molecule has 1 aliphatic rings. The number of halogens is 1. The van der Waals surface area contributed by atoms with Crippen LogP contribution in [0.1, 0.15) is 11.5 Å². The lowest BCUT2D eigenvalue weighted by atomic mass is 10.2. The molecule has 0 atom stereocenters. The molecule has 0 N–H and O–H groups in total. The van der Waals surface area contributed by atoms with Crippen LogP contribution < -0.4 is 5.56 Å². The van der Waals surface area contributed by atoms with E-state index in [1.165, 1.54) is 20.3 Å². The average Bonchev–Trinajstić information content (AvgIpc) is 3.27. The number of sulfonamides is 1. The lowest BCUT2D eigenvalue weighted by Gasteiger charge is -2.33. The number of aromatic nitrogens is 3. The van der Waals surface area contributed by atoms with Gasteiger partial charge in [0.05, 0.1) is 21.5 Å². The Labute approximate surface area is 173 Å². The Hall–Kier alpha value is -1.60. The van der Waals surface area contributed by atoms with E-state index in [0.29, 0.717) is 47.2 Å². The van der Waals surface area contributed by atoms with Gasteiger partial charge in [-0.1, -0.05) is 5.16 Å².